The maximum absolute atomic E-state index is 12.5. The molecule has 0 spiro atoms. The highest BCUT2D eigenvalue weighted by atomic mass is 16.2. The van der Waals surface area contributed by atoms with Gasteiger partial charge in [-0.05, 0) is 24.3 Å². The summed E-state index contributed by atoms with van der Waals surface area (Å²) >= 11 is 0. The van der Waals surface area contributed by atoms with E-state index in [0.29, 0.717) is 36.6 Å². The number of amides is 1. The average molecular weight is 341 g/mol. The standard InChI is InChI=1S/C18H23N5O2/c1-11-15-12(8-18(2,3)9-13(15)24)23-16(11)17(25)22-7-6-21-14-10-19-4-5-20-14/h4-5,10,23H,6-9H2,1-3H3,(H,20,21)(H,22,25). The second-order valence-electron chi connectivity index (χ2n) is 7.19. The molecule has 2 heterocycles. The smallest absolute Gasteiger partial charge is 0.268 e. The number of nitrogens with zero attached hydrogens (tertiary/aromatic N) is 2. The number of aromatic nitrogens is 3. The first-order chi connectivity index (χ1) is 11.9. The molecule has 0 unspecified atom stereocenters. The Kier molecular flexibility index (Phi) is 4.57. The largest absolute Gasteiger partial charge is 0.367 e. The van der Waals surface area contributed by atoms with Gasteiger partial charge in [0.1, 0.15) is 11.5 Å². The van der Waals surface area contributed by atoms with Gasteiger partial charge in [-0.2, -0.15) is 0 Å². The second kappa shape index (κ2) is 6.66. The topological polar surface area (TPSA) is 99.8 Å². The van der Waals surface area contributed by atoms with Crippen molar-refractivity contribution in [3.8, 4) is 0 Å². The number of anilines is 1. The maximum atomic E-state index is 12.5. The van der Waals surface area contributed by atoms with Gasteiger partial charge in [0.05, 0.1) is 6.20 Å². The molecular weight excluding hydrogens is 318 g/mol. The lowest BCUT2D eigenvalue weighted by Gasteiger charge is -2.28. The van der Waals surface area contributed by atoms with Gasteiger partial charge in [0, 0.05) is 43.2 Å². The highest BCUT2D eigenvalue weighted by Gasteiger charge is 2.35. The number of carbonyl (C=O) groups is 2. The van der Waals surface area contributed by atoms with E-state index in [2.05, 4.69) is 39.4 Å². The second-order valence-corrected chi connectivity index (χ2v) is 7.19. The number of aromatic amines is 1. The summed E-state index contributed by atoms with van der Waals surface area (Å²) in [6.45, 7) is 6.95. The Balaban J connectivity index is 1.62. The third-order valence-corrected chi connectivity index (χ3v) is 4.41. The Morgan fingerprint density at radius 3 is 2.80 bits per heavy atom. The van der Waals surface area contributed by atoms with Gasteiger partial charge in [-0.3, -0.25) is 14.6 Å². The van der Waals surface area contributed by atoms with Crippen LogP contribution < -0.4 is 10.6 Å². The highest BCUT2D eigenvalue weighted by molar-refractivity contribution is 6.04. The molecule has 3 N–H and O–H groups in total. The summed E-state index contributed by atoms with van der Waals surface area (Å²) in [5.41, 5.74) is 2.73. The molecule has 2 aromatic heterocycles. The average Bonchev–Trinajstić information content (AvgIpc) is 2.88. The summed E-state index contributed by atoms with van der Waals surface area (Å²) in [6.07, 6.45) is 6.12. The molecule has 7 heteroatoms. The van der Waals surface area contributed by atoms with E-state index in [1.165, 1.54) is 0 Å². The van der Waals surface area contributed by atoms with Gasteiger partial charge in [0.2, 0.25) is 0 Å². The summed E-state index contributed by atoms with van der Waals surface area (Å²) in [5, 5.41) is 5.94. The maximum Gasteiger partial charge on any atom is 0.268 e. The molecule has 0 saturated heterocycles. The molecule has 0 saturated carbocycles. The molecule has 1 amide bonds. The first-order valence-corrected chi connectivity index (χ1v) is 8.40. The summed E-state index contributed by atoms with van der Waals surface area (Å²) in [7, 11) is 0. The van der Waals surface area contributed by atoms with Crippen LogP contribution in [0.2, 0.25) is 0 Å². The van der Waals surface area contributed by atoms with E-state index in [1.807, 2.05) is 6.92 Å². The molecule has 0 atom stereocenters. The number of nitrogens with one attached hydrogen (secondary N) is 3. The van der Waals surface area contributed by atoms with Crippen LogP contribution in [-0.2, 0) is 6.42 Å². The fraction of sp³-hybridized carbons (Fsp3) is 0.444. The number of fused-ring (bicyclic) bond motifs is 1. The Morgan fingerprint density at radius 1 is 1.28 bits per heavy atom. The Labute approximate surface area is 146 Å². The van der Waals surface area contributed by atoms with E-state index in [-0.39, 0.29) is 17.1 Å². The van der Waals surface area contributed by atoms with Crippen molar-refractivity contribution in [1.29, 1.82) is 0 Å². The van der Waals surface area contributed by atoms with Crippen molar-refractivity contribution in [3.63, 3.8) is 0 Å². The van der Waals surface area contributed by atoms with E-state index in [4.69, 9.17) is 0 Å². The van der Waals surface area contributed by atoms with Gasteiger partial charge >= 0.3 is 0 Å². The van der Waals surface area contributed by atoms with Crippen LogP contribution in [0.15, 0.2) is 18.6 Å². The van der Waals surface area contributed by atoms with Gasteiger partial charge in [-0.15, -0.1) is 0 Å². The summed E-state index contributed by atoms with van der Waals surface area (Å²) in [4.78, 5) is 36.1. The molecular formula is C18H23N5O2. The molecule has 132 valence electrons. The molecule has 3 rings (SSSR count). The third kappa shape index (κ3) is 3.70. The lowest BCUT2D eigenvalue weighted by Crippen LogP contribution is -2.29. The monoisotopic (exact) mass is 341 g/mol. The number of Topliss-reactive ketones (excluding diaryl/α,β-unsaturated/α-hetero) is 1. The SMILES string of the molecule is Cc1c(C(=O)NCCNc2cnccn2)[nH]c2c1C(=O)CC(C)(C)C2. The quantitative estimate of drug-likeness (QED) is 0.723. The predicted molar refractivity (Wildman–Crippen MR) is 94.8 cm³/mol. The number of ketones is 1. The van der Waals surface area contributed by atoms with Gasteiger partial charge in [0.15, 0.2) is 5.78 Å². The Hall–Kier alpha value is -2.70. The summed E-state index contributed by atoms with van der Waals surface area (Å²) < 4.78 is 0. The molecule has 0 fully saturated rings. The van der Waals surface area contributed by atoms with Gasteiger partial charge in [-0.25, -0.2) is 4.98 Å². The molecule has 2 aromatic rings. The third-order valence-electron chi connectivity index (χ3n) is 4.41. The first-order valence-electron chi connectivity index (χ1n) is 8.40. The normalized spacial score (nSPS) is 15.6. The van der Waals surface area contributed by atoms with Crippen LogP contribution in [0.4, 0.5) is 5.82 Å². The van der Waals surface area contributed by atoms with Crippen molar-refractivity contribution in [3.05, 3.63) is 41.1 Å². The van der Waals surface area contributed by atoms with Crippen LogP contribution in [0, 0.1) is 12.3 Å². The van der Waals surface area contributed by atoms with Crippen LogP contribution in [0.1, 0.15) is 52.4 Å². The van der Waals surface area contributed by atoms with Gasteiger partial charge in [0.25, 0.3) is 5.91 Å². The van der Waals surface area contributed by atoms with E-state index in [1.54, 1.807) is 18.6 Å². The van der Waals surface area contributed by atoms with Crippen molar-refractivity contribution in [2.75, 3.05) is 18.4 Å². The molecule has 1 aliphatic carbocycles. The minimum Gasteiger partial charge on any atom is -0.367 e. The predicted octanol–water partition coefficient (Wildman–Crippen LogP) is 2.11. The molecule has 1 aliphatic rings. The number of rotatable bonds is 5. The van der Waals surface area contributed by atoms with Gasteiger partial charge in [-0.1, -0.05) is 13.8 Å². The summed E-state index contributed by atoms with van der Waals surface area (Å²) in [6, 6.07) is 0. The fourth-order valence-corrected chi connectivity index (χ4v) is 3.30. The van der Waals surface area contributed by atoms with Crippen molar-refractivity contribution in [2.45, 2.75) is 33.6 Å². The van der Waals surface area contributed by atoms with Crippen LogP contribution in [0.5, 0.6) is 0 Å². The van der Waals surface area contributed by atoms with Crippen LogP contribution in [0.3, 0.4) is 0 Å². The van der Waals surface area contributed by atoms with E-state index < -0.39 is 0 Å². The highest BCUT2D eigenvalue weighted by Crippen LogP contribution is 2.36. The molecule has 0 aliphatic heterocycles. The number of carbonyl (C=O) groups excluding carboxylic acids is 2. The van der Waals surface area contributed by atoms with Crippen molar-refractivity contribution in [1.82, 2.24) is 20.3 Å². The van der Waals surface area contributed by atoms with E-state index in [9.17, 15) is 9.59 Å². The minimum atomic E-state index is -0.196. The lowest BCUT2D eigenvalue weighted by atomic mass is 9.75. The van der Waals surface area contributed by atoms with E-state index in [0.717, 1.165) is 17.7 Å². The number of hydrogen-bond acceptors (Lipinski definition) is 5. The van der Waals surface area contributed by atoms with E-state index >= 15 is 0 Å². The Bertz CT molecular complexity index is 795. The molecule has 0 bridgehead atoms. The zero-order chi connectivity index (χ0) is 18.0. The zero-order valence-electron chi connectivity index (χ0n) is 14.8. The Morgan fingerprint density at radius 2 is 2.08 bits per heavy atom. The molecule has 7 nitrogen and oxygen atoms in total. The van der Waals surface area contributed by atoms with Crippen molar-refractivity contribution in [2.24, 2.45) is 5.41 Å². The zero-order valence-corrected chi connectivity index (χ0v) is 14.8. The number of hydrogen-bond donors (Lipinski definition) is 3. The molecule has 25 heavy (non-hydrogen) atoms. The lowest BCUT2D eigenvalue weighted by molar-refractivity contribution is 0.0909. The van der Waals surface area contributed by atoms with Crippen molar-refractivity contribution >= 4 is 17.5 Å². The van der Waals surface area contributed by atoms with Crippen LogP contribution >= 0.6 is 0 Å². The minimum absolute atomic E-state index is 0.0736. The van der Waals surface area contributed by atoms with Crippen LogP contribution in [0.25, 0.3) is 0 Å². The molecule has 0 radical (unpaired) electrons. The fourth-order valence-electron chi connectivity index (χ4n) is 3.30. The molecule has 0 aromatic carbocycles. The van der Waals surface area contributed by atoms with Crippen molar-refractivity contribution < 1.29 is 9.59 Å². The van der Waals surface area contributed by atoms with Gasteiger partial charge < -0.3 is 15.6 Å². The number of H-pyrrole nitrogens is 1. The van der Waals surface area contributed by atoms with Crippen LogP contribution in [-0.4, -0.2) is 39.7 Å². The summed E-state index contributed by atoms with van der Waals surface area (Å²) in [5.74, 6) is 0.581. The first kappa shape index (κ1) is 17.1.